The molecule has 1 aliphatic rings. The fourth-order valence-electron chi connectivity index (χ4n) is 2.14. The second-order valence-electron chi connectivity index (χ2n) is 4.38. The molecular weight excluding hydrogens is 275 g/mol. The van der Waals surface area contributed by atoms with Crippen molar-refractivity contribution in [1.29, 1.82) is 0 Å². The third kappa shape index (κ3) is 2.31. The average molecular weight is 287 g/mol. The molecule has 1 heterocycles. The molecule has 108 valence electrons. The number of hydrogen-bond donors (Lipinski definition) is 2. The van der Waals surface area contributed by atoms with E-state index in [0.717, 1.165) is 12.1 Å². The van der Waals surface area contributed by atoms with E-state index in [4.69, 9.17) is 5.11 Å². The van der Waals surface area contributed by atoms with Gasteiger partial charge in [0.25, 0.3) is 0 Å². The van der Waals surface area contributed by atoms with Gasteiger partial charge in [0.15, 0.2) is 0 Å². The first kappa shape index (κ1) is 14.2. The Morgan fingerprint density at radius 3 is 2.55 bits per heavy atom. The summed E-state index contributed by atoms with van der Waals surface area (Å²) in [6.07, 6.45) is -4.55. The van der Waals surface area contributed by atoms with Crippen LogP contribution in [0.5, 0.6) is 0 Å². The van der Waals surface area contributed by atoms with Crippen LogP contribution in [-0.2, 0) is 11.0 Å². The summed E-state index contributed by atoms with van der Waals surface area (Å²) in [5, 5.41) is 18.9. The number of aliphatic hydroxyl groups is 1. The molecule has 2 N–H and O–H groups in total. The number of anilines is 1. The van der Waals surface area contributed by atoms with Crippen molar-refractivity contribution in [1.82, 2.24) is 0 Å². The van der Waals surface area contributed by atoms with Gasteiger partial charge in [0.05, 0.1) is 17.7 Å². The predicted octanol–water partition coefficient (Wildman–Crippen LogP) is 2.90. The minimum Gasteiger partial charge on any atom is -0.507 e. The van der Waals surface area contributed by atoms with Crippen LogP contribution in [0.2, 0.25) is 0 Å². The second kappa shape index (κ2) is 4.73. The maximum Gasteiger partial charge on any atom is 0.416 e. The molecule has 0 radical (unpaired) electrons. The van der Waals surface area contributed by atoms with Gasteiger partial charge >= 0.3 is 12.1 Å². The third-order valence-electron chi connectivity index (χ3n) is 3.19. The molecule has 0 unspecified atom stereocenters. The lowest BCUT2D eigenvalue weighted by Crippen LogP contribution is -2.32. The molecule has 0 fully saturated rings. The number of alkyl halides is 3. The highest BCUT2D eigenvalue weighted by Crippen LogP contribution is 2.38. The van der Waals surface area contributed by atoms with Crippen LogP contribution >= 0.6 is 0 Å². The van der Waals surface area contributed by atoms with Crippen molar-refractivity contribution in [3.05, 3.63) is 34.9 Å². The van der Waals surface area contributed by atoms with Crippen LogP contribution in [-0.4, -0.2) is 29.3 Å². The number of aliphatic carboxylic acids is 1. The first-order valence-corrected chi connectivity index (χ1v) is 5.87. The van der Waals surface area contributed by atoms with E-state index in [1.807, 2.05) is 0 Å². The largest absolute Gasteiger partial charge is 0.507 e. The quantitative estimate of drug-likeness (QED) is 0.878. The molecule has 4 nitrogen and oxygen atoms in total. The van der Waals surface area contributed by atoms with Gasteiger partial charge in [0, 0.05) is 17.8 Å². The standard InChI is InChI=1S/C13H12F3NO3/c1-2-17-6-9(12(19)20)11(18)8-5-7(13(14,15)16)3-4-10(8)17/h3-5,18H,2,6H2,1H3,(H,19,20). The van der Waals surface area contributed by atoms with Gasteiger partial charge in [-0.15, -0.1) is 0 Å². The number of carbonyl (C=O) groups is 1. The van der Waals surface area contributed by atoms with Gasteiger partial charge in [-0.25, -0.2) is 4.79 Å². The van der Waals surface area contributed by atoms with Gasteiger partial charge in [-0.3, -0.25) is 0 Å². The summed E-state index contributed by atoms with van der Waals surface area (Å²) in [6, 6.07) is 2.94. The number of hydrogen-bond acceptors (Lipinski definition) is 3. The van der Waals surface area contributed by atoms with Crippen LogP contribution in [0.15, 0.2) is 23.8 Å². The molecule has 1 aromatic rings. The Hall–Kier alpha value is -2.18. The Labute approximate surface area is 112 Å². The molecule has 0 atom stereocenters. The number of fused-ring (bicyclic) bond motifs is 1. The van der Waals surface area contributed by atoms with Crippen molar-refractivity contribution >= 4 is 17.4 Å². The van der Waals surface area contributed by atoms with E-state index in [2.05, 4.69) is 0 Å². The number of likely N-dealkylation sites (N-methyl/N-ethyl adjacent to an activating group) is 1. The van der Waals surface area contributed by atoms with Gasteiger partial charge in [-0.2, -0.15) is 13.2 Å². The van der Waals surface area contributed by atoms with E-state index in [1.54, 1.807) is 11.8 Å². The SMILES string of the molecule is CCN1CC(C(=O)O)=C(O)c2cc(C(F)(F)F)ccc21. The molecular formula is C13H12F3NO3. The Balaban J connectivity index is 2.64. The van der Waals surface area contributed by atoms with Gasteiger partial charge in [0.1, 0.15) is 5.76 Å². The monoisotopic (exact) mass is 287 g/mol. The fourth-order valence-corrected chi connectivity index (χ4v) is 2.14. The third-order valence-corrected chi connectivity index (χ3v) is 3.19. The lowest BCUT2D eigenvalue weighted by molar-refractivity contribution is -0.137. The van der Waals surface area contributed by atoms with Crippen molar-refractivity contribution in [2.45, 2.75) is 13.1 Å². The van der Waals surface area contributed by atoms with Gasteiger partial charge in [0.2, 0.25) is 0 Å². The molecule has 1 aliphatic heterocycles. The molecule has 7 heteroatoms. The molecule has 20 heavy (non-hydrogen) atoms. The Kier molecular flexibility index (Phi) is 3.37. The highest BCUT2D eigenvalue weighted by molar-refractivity contribution is 5.99. The van der Waals surface area contributed by atoms with E-state index in [1.165, 1.54) is 6.07 Å². The zero-order valence-electron chi connectivity index (χ0n) is 10.5. The minimum absolute atomic E-state index is 0.0456. The Bertz CT molecular complexity index is 593. The molecule has 0 aliphatic carbocycles. The molecule has 1 aromatic carbocycles. The summed E-state index contributed by atoms with van der Waals surface area (Å²) in [4.78, 5) is 12.6. The van der Waals surface area contributed by atoms with Crippen LogP contribution in [0.1, 0.15) is 18.1 Å². The summed E-state index contributed by atoms with van der Waals surface area (Å²) in [6.45, 7) is 2.13. The van der Waals surface area contributed by atoms with E-state index in [-0.39, 0.29) is 17.7 Å². The zero-order valence-corrected chi connectivity index (χ0v) is 10.5. The number of nitrogens with zero attached hydrogens (tertiary/aromatic N) is 1. The molecule has 0 saturated heterocycles. The smallest absolute Gasteiger partial charge is 0.416 e. The van der Waals surface area contributed by atoms with E-state index in [0.29, 0.717) is 12.2 Å². The number of aliphatic hydroxyl groups excluding tert-OH is 1. The average Bonchev–Trinajstić information content (AvgIpc) is 2.37. The van der Waals surface area contributed by atoms with E-state index in [9.17, 15) is 23.1 Å². The number of benzene rings is 1. The number of rotatable bonds is 2. The van der Waals surface area contributed by atoms with Gasteiger partial charge in [-0.05, 0) is 25.1 Å². The van der Waals surface area contributed by atoms with Crippen LogP contribution in [0.3, 0.4) is 0 Å². The van der Waals surface area contributed by atoms with Crippen molar-refractivity contribution in [2.75, 3.05) is 18.0 Å². The lowest BCUT2D eigenvalue weighted by atomic mass is 9.98. The predicted molar refractivity (Wildman–Crippen MR) is 66.5 cm³/mol. The Morgan fingerprint density at radius 1 is 1.40 bits per heavy atom. The summed E-state index contributed by atoms with van der Waals surface area (Å²) in [5.41, 5.74) is -0.947. The second-order valence-corrected chi connectivity index (χ2v) is 4.38. The topological polar surface area (TPSA) is 60.8 Å². The van der Waals surface area contributed by atoms with Crippen LogP contribution in [0.4, 0.5) is 18.9 Å². The first-order valence-electron chi connectivity index (χ1n) is 5.87. The van der Waals surface area contributed by atoms with Gasteiger partial charge in [-0.1, -0.05) is 0 Å². The summed E-state index contributed by atoms with van der Waals surface area (Å²) in [5.74, 6) is -1.95. The van der Waals surface area contributed by atoms with E-state index >= 15 is 0 Å². The highest BCUT2D eigenvalue weighted by atomic mass is 19.4. The zero-order chi connectivity index (χ0) is 15.1. The minimum atomic E-state index is -4.55. The molecule has 0 saturated carbocycles. The maximum absolute atomic E-state index is 12.7. The lowest BCUT2D eigenvalue weighted by Gasteiger charge is -2.30. The van der Waals surface area contributed by atoms with Crippen LogP contribution in [0, 0.1) is 0 Å². The Morgan fingerprint density at radius 2 is 2.05 bits per heavy atom. The fraction of sp³-hybridized carbons (Fsp3) is 0.308. The van der Waals surface area contributed by atoms with E-state index < -0.39 is 23.5 Å². The maximum atomic E-state index is 12.7. The van der Waals surface area contributed by atoms with Crippen molar-refractivity contribution in [3.63, 3.8) is 0 Å². The normalized spacial score (nSPS) is 15.3. The van der Waals surface area contributed by atoms with Crippen LogP contribution < -0.4 is 4.90 Å². The summed E-state index contributed by atoms with van der Waals surface area (Å²) in [7, 11) is 0. The summed E-state index contributed by atoms with van der Waals surface area (Å²) < 4.78 is 38.1. The molecule has 0 spiro atoms. The molecule has 0 amide bonds. The summed E-state index contributed by atoms with van der Waals surface area (Å²) >= 11 is 0. The molecule has 0 bridgehead atoms. The number of carboxylic acids is 1. The van der Waals surface area contributed by atoms with Crippen LogP contribution in [0.25, 0.3) is 5.76 Å². The first-order chi connectivity index (χ1) is 9.25. The van der Waals surface area contributed by atoms with Crippen molar-refractivity contribution in [3.8, 4) is 0 Å². The number of carboxylic acid groups (broad SMARTS) is 1. The van der Waals surface area contributed by atoms with Gasteiger partial charge < -0.3 is 15.1 Å². The molecule has 2 rings (SSSR count). The highest BCUT2D eigenvalue weighted by Gasteiger charge is 2.34. The van der Waals surface area contributed by atoms with Crippen molar-refractivity contribution in [2.24, 2.45) is 0 Å². The molecule has 0 aromatic heterocycles. The number of halogens is 3. The van der Waals surface area contributed by atoms with Crippen molar-refractivity contribution < 1.29 is 28.2 Å².